The lowest BCUT2D eigenvalue weighted by Crippen LogP contribution is -1.85. The second kappa shape index (κ2) is 15.5. The zero-order valence-corrected chi connectivity index (χ0v) is 30.1. The van der Waals surface area contributed by atoms with Gasteiger partial charge in [-0.15, -0.1) is 22.7 Å². The number of thiophene rings is 2. The van der Waals surface area contributed by atoms with Crippen molar-refractivity contribution in [1.82, 2.24) is 0 Å². The van der Waals surface area contributed by atoms with Gasteiger partial charge in [-0.2, -0.15) is 0 Å². The van der Waals surface area contributed by atoms with Crippen molar-refractivity contribution in [3.8, 4) is 0 Å². The van der Waals surface area contributed by atoms with E-state index in [-0.39, 0.29) is 0 Å². The molecule has 5 aromatic carbocycles. The first kappa shape index (κ1) is 32.6. The minimum atomic E-state index is 1.19. The standard InChI is InChI=1S/C46H46S2/c1-3-5-7-9-11-33-13-17-35(18-14-33)21-23-43-29-41-27-37-25-40-32-46-42(28-38(40)26-39(37)31-45(41)47-43)30-44(48-46)24-22-36-19-15-34(16-20-36)12-10-8-6-4-2/h13-32H,3-12H2,1-2H3/b23-21+,24-22+. The van der Waals surface area contributed by atoms with Gasteiger partial charge < -0.3 is 0 Å². The van der Waals surface area contributed by atoms with E-state index in [0.29, 0.717) is 0 Å². The Morgan fingerprint density at radius 3 is 1.21 bits per heavy atom. The molecule has 0 nitrogen and oxygen atoms in total. The van der Waals surface area contributed by atoms with E-state index in [0.717, 1.165) is 0 Å². The third-order valence-electron chi connectivity index (χ3n) is 9.58. The van der Waals surface area contributed by atoms with E-state index in [1.165, 1.54) is 138 Å². The first-order valence-corrected chi connectivity index (χ1v) is 19.7. The van der Waals surface area contributed by atoms with Gasteiger partial charge >= 0.3 is 0 Å². The van der Waals surface area contributed by atoms with Crippen LogP contribution in [-0.4, -0.2) is 0 Å². The highest BCUT2D eigenvalue weighted by molar-refractivity contribution is 7.20. The Hall–Kier alpha value is -3.98. The van der Waals surface area contributed by atoms with Crippen LogP contribution in [0.3, 0.4) is 0 Å². The summed E-state index contributed by atoms with van der Waals surface area (Å²) >= 11 is 3.76. The van der Waals surface area contributed by atoms with Gasteiger partial charge in [-0.25, -0.2) is 0 Å². The fourth-order valence-corrected chi connectivity index (χ4v) is 8.74. The van der Waals surface area contributed by atoms with Crippen molar-refractivity contribution in [3.63, 3.8) is 0 Å². The lowest BCUT2D eigenvalue weighted by Gasteiger charge is -2.04. The summed E-state index contributed by atoms with van der Waals surface area (Å²) in [6.45, 7) is 4.54. The van der Waals surface area contributed by atoms with Crippen LogP contribution >= 0.6 is 22.7 Å². The van der Waals surface area contributed by atoms with E-state index in [9.17, 15) is 0 Å². The van der Waals surface area contributed by atoms with Crippen molar-refractivity contribution >= 4 is 88.7 Å². The summed E-state index contributed by atoms with van der Waals surface area (Å²) in [5.41, 5.74) is 5.43. The number of unbranched alkanes of at least 4 members (excludes halogenated alkanes) is 6. The Bertz CT molecular complexity index is 1940. The highest BCUT2D eigenvalue weighted by atomic mass is 32.1. The normalized spacial score (nSPS) is 12.2. The van der Waals surface area contributed by atoms with Gasteiger partial charge in [-0.1, -0.05) is 113 Å². The maximum Gasteiger partial charge on any atom is 0.0355 e. The Labute approximate surface area is 294 Å². The van der Waals surface area contributed by atoms with Crippen LogP contribution in [0.15, 0.2) is 97.1 Å². The third kappa shape index (κ3) is 8.00. The Morgan fingerprint density at radius 1 is 0.396 bits per heavy atom. The predicted octanol–water partition coefficient (Wildman–Crippen LogP) is 15.0. The van der Waals surface area contributed by atoms with Crippen LogP contribution < -0.4 is 0 Å². The molecule has 2 heteroatoms. The van der Waals surface area contributed by atoms with Gasteiger partial charge in [0.1, 0.15) is 0 Å². The summed E-state index contributed by atoms with van der Waals surface area (Å²) in [4.78, 5) is 2.60. The minimum absolute atomic E-state index is 1.19. The molecule has 0 aliphatic rings. The fraction of sp³-hybridized carbons (Fsp3) is 0.261. The minimum Gasteiger partial charge on any atom is -0.136 e. The average molecular weight is 663 g/mol. The summed E-state index contributed by atoms with van der Waals surface area (Å²) in [7, 11) is 0. The second-order valence-electron chi connectivity index (χ2n) is 13.4. The SMILES string of the molecule is CCCCCCc1ccc(/C=C/c2cc3cc4cc5cc6sc(/C=C/c7ccc(CCCCCC)cc7)cc6cc5cc4cc3s2)cc1. The van der Waals surface area contributed by atoms with E-state index in [1.54, 1.807) is 0 Å². The third-order valence-corrected chi connectivity index (χ3v) is 11.7. The van der Waals surface area contributed by atoms with E-state index in [1.807, 2.05) is 22.7 Å². The first-order chi connectivity index (χ1) is 23.6. The van der Waals surface area contributed by atoms with Gasteiger partial charge in [0.2, 0.25) is 0 Å². The molecule has 242 valence electrons. The van der Waals surface area contributed by atoms with Gasteiger partial charge in [-0.05, 0) is 141 Å². The maximum absolute atomic E-state index is 2.38. The largest absolute Gasteiger partial charge is 0.136 e. The molecule has 0 spiro atoms. The molecule has 2 aromatic heterocycles. The summed E-state index contributed by atoms with van der Waals surface area (Å²) in [6, 6.07) is 37.1. The molecule has 0 aliphatic carbocycles. The molecule has 2 heterocycles. The summed E-state index contributed by atoms with van der Waals surface area (Å²) in [6.07, 6.45) is 22.0. The summed E-state index contributed by atoms with van der Waals surface area (Å²) in [5, 5.41) is 7.88. The molecular formula is C46H46S2. The van der Waals surface area contributed by atoms with Gasteiger partial charge in [0.05, 0.1) is 0 Å². The van der Waals surface area contributed by atoms with E-state index < -0.39 is 0 Å². The molecule has 7 rings (SSSR count). The van der Waals surface area contributed by atoms with Crippen molar-refractivity contribution < 1.29 is 0 Å². The van der Waals surface area contributed by atoms with Gasteiger partial charge in [0.15, 0.2) is 0 Å². The molecular weight excluding hydrogens is 617 g/mol. The predicted molar refractivity (Wildman–Crippen MR) is 219 cm³/mol. The molecule has 48 heavy (non-hydrogen) atoms. The molecule has 0 bridgehead atoms. The Morgan fingerprint density at radius 2 is 0.792 bits per heavy atom. The van der Waals surface area contributed by atoms with Crippen molar-refractivity contribution in [2.45, 2.75) is 78.1 Å². The van der Waals surface area contributed by atoms with Crippen LogP contribution in [-0.2, 0) is 12.8 Å². The molecule has 0 unspecified atom stereocenters. The van der Waals surface area contributed by atoms with E-state index >= 15 is 0 Å². The topological polar surface area (TPSA) is 0 Å². The van der Waals surface area contributed by atoms with Crippen LogP contribution in [0.25, 0.3) is 66.0 Å². The second-order valence-corrected chi connectivity index (χ2v) is 15.6. The van der Waals surface area contributed by atoms with Crippen molar-refractivity contribution in [1.29, 1.82) is 0 Å². The molecule has 0 N–H and O–H groups in total. The first-order valence-electron chi connectivity index (χ1n) is 18.0. The molecule has 0 atom stereocenters. The number of aryl methyl sites for hydroxylation is 2. The molecule has 7 aromatic rings. The smallest absolute Gasteiger partial charge is 0.0355 e. The molecule has 0 amide bonds. The number of rotatable bonds is 14. The number of benzene rings is 5. The number of hydrogen-bond acceptors (Lipinski definition) is 2. The zero-order chi connectivity index (χ0) is 32.7. The monoisotopic (exact) mass is 662 g/mol. The lowest BCUT2D eigenvalue weighted by atomic mass is 10.0. The Balaban J connectivity index is 1.05. The van der Waals surface area contributed by atoms with Crippen LogP contribution in [0.5, 0.6) is 0 Å². The van der Waals surface area contributed by atoms with Crippen molar-refractivity contribution in [2.75, 3.05) is 0 Å². The molecule has 0 fully saturated rings. The fourth-order valence-electron chi connectivity index (χ4n) is 6.74. The lowest BCUT2D eigenvalue weighted by molar-refractivity contribution is 0.667. The van der Waals surface area contributed by atoms with Gasteiger partial charge in [-0.3, -0.25) is 0 Å². The van der Waals surface area contributed by atoms with Crippen LogP contribution in [0, 0.1) is 0 Å². The zero-order valence-electron chi connectivity index (χ0n) is 28.4. The van der Waals surface area contributed by atoms with Crippen molar-refractivity contribution in [3.05, 3.63) is 129 Å². The van der Waals surface area contributed by atoms with Crippen LogP contribution in [0.2, 0.25) is 0 Å². The quantitative estimate of drug-likeness (QED) is 0.0803. The summed E-state index contributed by atoms with van der Waals surface area (Å²) < 4.78 is 2.69. The molecule has 0 saturated carbocycles. The van der Waals surface area contributed by atoms with Gasteiger partial charge in [0, 0.05) is 19.2 Å². The van der Waals surface area contributed by atoms with E-state index in [4.69, 9.17) is 0 Å². The number of hydrogen-bond donors (Lipinski definition) is 0. The summed E-state index contributed by atoms with van der Waals surface area (Å²) in [5.74, 6) is 0. The van der Waals surface area contributed by atoms with Gasteiger partial charge in [0.25, 0.3) is 0 Å². The van der Waals surface area contributed by atoms with E-state index in [2.05, 4.69) is 135 Å². The molecule has 0 radical (unpaired) electrons. The molecule has 0 aliphatic heterocycles. The average Bonchev–Trinajstić information content (AvgIpc) is 3.70. The number of fused-ring (bicyclic) bond motifs is 4. The van der Waals surface area contributed by atoms with Crippen LogP contribution in [0.4, 0.5) is 0 Å². The van der Waals surface area contributed by atoms with Crippen LogP contribution in [0.1, 0.15) is 97.2 Å². The highest BCUT2D eigenvalue weighted by Gasteiger charge is 2.08. The van der Waals surface area contributed by atoms with Crippen molar-refractivity contribution in [2.24, 2.45) is 0 Å². The molecule has 0 saturated heterocycles. The highest BCUT2D eigenvalue weighted by Crippen LogP contribution is 2.36. The maximum atomic E-state index is 2.38. The Kier molecular flexibility index (Phi) is 10.5.